The average molecular weight is 232 g/mol. The summed E-state index contributed by atoms with van der Waals surface area (Å²) >= 11 is 0. The summed E-state index contributed by atoms with van der Waals surface area (Å²) in [5.74, 6) is -0.448. The highest BCUT2D eigenvalue weighted by molar-refractivity contribution is 5.91. The monoisotopic (exact) mass is 232 g/mol. The molecule has 0 aromatic carbocycles. The van der Waals surface area contributed by atoms with Gasteiger partial charge in [-0.15, -0.1) is 0 Å². The van der Waals surface area contributed by atoms with E-state index in [-0.39, 0.29) is 0 Å². The van der Waals surface area contributed by atoms with Crippen molar-refractivity contribution in [2.45, 2.75) is 25.8 Å². The second-order valence-corrected chi connectivity index (χ2v) is 4.61. The van der Waals surface area contributed by atoms with Crippen LogP contribution >= 0.6 is 0 Å². The summed E-state index contributed by atoms with van der Waals surface area (Å²) in [5.41, 5.74) is 9.55. The minimum absolute atomic E-state index is 0.374. The Kier molecular flexibility index (Phi) is 2.48. The lowest BCUT2D eigenvalue weighted by Gasteiger charge is -2.19. The van der Waals surface area contributed by atoms with Crippen LogP contribution < -0.4 is 11.1 Å². The van der Waals surface area contributed by atoms with Crippen LogP contribution in [0.25, 0.3) is 5.57 Å². The molecule has 2 aliphatic rings. The SMILES string of the molecule is NC(=O)c1cc2n(n1)CCCC1=C2CNCC1. The summed E-state index contributed by atoms with van der Waals surface area (Å²) < 4.78 is 1.93. The summed E-state index contributed by atoms with van der Waals surface area (Å²) in [6, 6.07) is 1.83. The van der Waals surface area contributed by atoms with Crippen LogP contribution in [0.5, 0.6) is 0 Å². The van der Waals surface area contributed by atoms with Crippen LogP contribution in [0.3, 0.4) is 0 Å². The van der Waals surface area contributed by atoms with Crippen molar-refractivity contribution in [2.24, 2.45) is 5.73 Å². The van der Waals surface area contributed by atoms with Crippen molar-refractivity contribution in [1.29, 1.82) is 0 Å². The molecule has 17 heavy (non-hydrogen) atoms. The molecule has 3 rings (SSSR count). The molecular formula is C12H16N4O. The second kappa shape index (κ2) is 4.00. The molecule has 1 aromatic rings. The van der Waals surface area contributed by atoms with Crippen LogP contribution in [0.1, 0.15) is 35.4 Å². The summed E-state index contributed by atoms with van der Waals surface area (Å²) in [4.78, 5) is 11.2. The van der Waals surface area contributed by atoms with E-state index in [1.807, 2.05) is 10.7 Å². The molecule has 2 aliphatic heterocycles. The van der Waals surface area contributed by atoms with E-state index < -0.39 is 5.91 Å². The Morgan fingerprint density at radius 2 is 2.35 bits per heavy atom. The maximum Gasteiger partial charge on any atom is 0.269 e. The van der Waals surface area contributed by atoms with Gasteiger partial charge in [0.25, 0.3) is 5.91 Å². The molecular weight excluding hydrogens is 216 g/mol. The van der Waals surface area contributed by atoms with Gasteiger partial charge in [0.1, 0.15) is 0 Å². The summed E-state index contributed by atoms with van der Waals surface area (Å²) in [6.45, 7) is 2.80. The highest BCUT2D eigenvalue weighted by atomic mass is 16.1. The maximum atomic E-state index is 11.2. The molecule has 0 fully saturated rings. The number of carbonyl (C=O) groups excluding carboxylic acids is 1. The Balaban J connectivity index is 2.10. The Bertz CT molecular complexity index is 501. The number of hydrogen-bond donors (Lipinski definition) is 2. The lowest BCUT2D eigenvalue weighted by atomic mass is 9.96. The molecule has 0 bridgehead atoms. The first-order chi connectivity index (χ1) is 8.25. The number of aryl methyl sites for hydroxylation is 1. The maximum absolute atomic E-state index is 11.2. The largest absolute Gasteiger partial charge is 0.364 e. The first-order valence-corrected chi connectivity index (χ1v) is 6.05. The van der Waals surface area contributed by atoms with Crippen molar-refractivity contribution in [2.75, 3.05) is 13.1 Å². The van der Waals surface area contributed by atoms with E-state index in [9.17, 15) is 4.79 Å². The van der Waals surface area contributed by atoms with Crippen LogP contribution in [-0.2, 0) is 6.54 Å². The van der Waals surface area contributed by atoms with E-state index >= 15 is 0 Å². The molecule has 0 aliphatic carbocycles. The Morgan fingerprint density at radius 1 is 1.47 bits per heavy atom. The van der Waals surface area contributed by atoms with Gasteiger partial charge in [-0.2, -0.15) is 5.10 Å². The van der Waals surface area contributed by atoms with Crippen molar-refractivity contribution >= 4 is 11.5 Å². The van der Waals surface area contributed by atoms with Gasteiger partial charge in [-0.25, -0.2) is 0 Å². The summed E-state index contributed by atoms with van der Waals surface area (Å²) in [7, 11) is 0. The molecule has 1 aromatic heterocycles. The number of nitrogens with one attached hydrogen (secondary N) is 1. The molecule has 90 valence electrons. The number of rotatable bonds is 1. The van der Waals surface area contributed by atoms with Crippen molar-refractivity contribution in [3.05, 3.63) is 23.0 Å². The van der Waals surface area contributed by atoms with Crippen LogP contribution in [0, 0.1) is 0 Å². The topological polar surface area (TPSA) is 72.9 Å². The first-order valence-electron chi connectivity index (χ1n) is 6.05. The fourth-order valence-electron chi connectivity index (χ4n) is 2.67. The van der Waals surface area contributed by atoms with Crippen LogP contribution in [0.15, 0.2) is 11.6 Å². The molecule has 3 heterocycles. The quantitative estimate of drug-likeness (QED) is 0.741. The number of hydrogen-bond acceptors (Lipinski definition) is 3. The first kappa shape index (κ1) is 10.5. The zero-order valence-corrected chi connectivity index (χ0v) is 9.70. The Morgan fingerprint density at radius 3 is 3.18 bits per heavy atom. The minimum Gasteiger partial charge on any atom is -0.364 e. The summed E-state index contributed by atoms with van der Waals surface area (Å²) in [6.07, 6.45) is 3.34. The van der Waals surface area contributed by atoms with E-state index in [0.29, 0.717) is 5.69 Å². The van der Waals surface area contributed by atoms with E-state index in [0.717, 1.165) is 44.6 Å². The van der Waals surface area contributed by atoms with E-state index in [1.54, 1.807) is 0 Å². The molecule has 5 nitrogen and oxygen atoms in total. The molecule has 1 amide bonds. The number of aromatic nitrogens is 2. The molecule has 0 radical (unpaired) electrons. The predicted octanol–water partition coefficient (Wildman–Crippen LogP) is 0.523. The standard InChI is InChI=1S/C12H16N4O/c13-12(17)10-6-11-9-7-14-4-3-8(9)2-1-5-16(11)15-10/h6,14H,1-5,7H2,(H2,13,17). The van der Waals surface area contributed by atoms with Crippen LogP contribution in [0.4, 0.5) is 0 Å². The number of amides is 1. The van der Waals surface area contributed by atoms with Crippen LogP contribution in [-0.4, -0.2) is 28.8 Å². The molecule has 0 saturated carbocycles. The van der Waals surface area contributed by atoms with Gasteiger partial charge in [0.05, 0.1) is 5.69 Å². The zero-order chi connectivity index (χ0) is 11.8. The fraction of sp³-hybridized carbons (Fsp3) is 0.500. The van der Waals surface area contributed by atoms with E-state index in [4.69, 9.17) is 5.73 Å². The Labute approximate surface area is 99.7 Å². The molecule has 5 heteroatoms. The third-order valence-corrected chi connectivity index (χ3v) is 3.52. The van der Waals surface area contributed by atoms with Gasteiger partial charge in [0, 0.05) is 13.1 Å². The highest BCUT2D eigenvalue weighted by Gasteiger charge is 2.22. The smallest absolute Gasteiger partial charge is 0.269 e. The summed E-state index contributed by atoms with van der Waals surface area (Å²) in [5, 5.41) is 7.66. The van der Waals surface area contributed by atoms with Crippen molar-refractivity contribution in [3.8, 4) is 0 Å². The third kappa shape index (κ3) is 1.76. The van der Waals surface area contributed by atoms with Gasteiger partial charge >= 0.3 is 0 Å². The van der Waals surface area contributed by atoms with Crippen molar-refractivity contribution in [1.82, 2.24) is 15.1 Å². The van der Waals surface area contributed by atoms with E-state index in [2.05, 4.69) is 10.4 Å². The zero-order valence-electron chi connectivity index (χ0n) is 9.70. The fourth-order valence-corrected chi connectivity index (χ4v) is 2.67. The van der Waals surface area contributed by atoms with Crippen molar-refractivity contribution in [3.63, 3.8) is 0 Å². The second-order valence-electron chi connectivity index (χ2n) is 4.61. The van der Waals surface area contributed by atoms with Gasteiger partial charge in [-0.05, 0) is 37.4 Å². The van der Waals surface area contributed by atoms with Gasteiger partial charge in [0.2, 0.25) is 0 Å². The number of fused-ring (bicyclic) bond motifs is 2. The van der Waals surface area contributed by atoms with Crippen LogP contribution in [0.2, 0.25) is 0 Å². The Hall–Kier alpha value is -1.62. The molecule has 0 saturated heterocycles. The lowest BCUT2D eigenvalue weighted by molar-refractivity contribution is 0.0994. The molecule has 3 N–H and O–H groups in total. The number of primary amides is 1. The molecule has 0 spiro atoms. The predicted molar refractivity (Wildman–Crippen MR) is 64.4 cm³/mol. The average Bonchev–Trinajstić information content (AvgIpc) is 2.67. The van der Waals surface area contributed by atoms with Gasteiger partial charge in [-0.1, -0.05) is 5.57 Å². The molecule has 0 atom stereocenters. The highest BCUT2D eigenvalue weighted by Crippen LogP contribution is 2.30. The number of nitrogens with two attached hydrogens (primary N) is 1. The minimum atomic E-state index is -0.448. The number of nitrogens with zero attached hydrogens (tertiary/aromatic N) is 2. The van der Waals surface area contributed by atoms with E-state index in [1.165, 1.54) is 11.1 Å². The van der Waals surface area contributed by atoms with Crippen molar-refractivity contribution < 1.29 is 4.79 Å². The molecule has 0 unspecified atom stereocenters. The van der Waals surface area contributed by atoms with Gasteiger partial charge in [0.15, 0.2) is 5.69 Å². The van der Waals surface area contributed by atoms with Gasteiger partial charge < -0.3 is 11.1 Å². The lowest BCUT2D eigenvalue weighted by Crippen LogP contribution is -2.24. The normalized spacial score (nSPS) is 19.5. The number of carbonyl (C=O) groups is 1. The van der Waals surface area contributed by atoms with Gasteiger partial charge in [-0.3, -0.25) is 9.48 Å². The third-order valence-electron chi connectivity index (χ3n) is 3.52.